The van der Waals surface area contributed by atoms with Crippen LogP contribution in [0.4, 0.5) is 0 Å². The molecule has 0 aromatic heterocycles. The van der Waals surface area contributed by atoms with Crippen molar-refractivity contribution in [2.75, 3.05) is 0 Å². The lowest BCUT2D eigenvalue weighted by Gasteiger charge is -2.05. The van der Waals surface area contributed by atoms with Gasteiger partial charge in [-0.2, -0.15) is 0 Å². The maximum absolute atomic E-state index is 11.6. The van der Waals surface area contributed by atoms with E-state index in [2.05, 4.69) is 15.9 Å². The molecule has 0 amide bonds. The zero-order chi connectivity index (χ0) is 14.9. The highest BCUT2D eigenvalue weighted by atomic mass is 79.9. The van der Waals surface area contributed by atoms with Crippen molar-refractivity contribution in [2.24, 2.45) is 0 Å². The van der Waals surface area contributed by atoms with Crippen LogP contribution in [0.5, 0.6) is 5.75 Å². The third-order valence-corrected chi connectivity index (χ3v) is 3.34. The van der Waals surface area contributed by atoms with Crippen LogP contribution >= 0.6 is 15.9 Å². The van der Waals surface area contributed by atoms with Crippen LogP contribution in [-0.2, 0) is 21.5 Å². The van der Waals surface area contributed by atoms with Crippen LogP contribution in [0.15, 0.2) is 66.9 Å². The van der Waals surface area contributed by atoms with Crippen LogP contribution in [0.25, 0.3) is 0 Å². The Bertz CT molecular complexity index is 608. The van der Waals surface area contributed by atoms with Crippen LogP contribution in [0.2, 0.25) is 0 Å². The van der Waals surface area contributed by atoms with E-state index in [1.165, 1.54) is 12.3 Å². The van der Waals surface area contributed by atoms with Crippen LogP contribution < -0.4 is 4.74 Å². The van der Waals surface area contributed by atoms with Gasteiger partial charge >= 0.3 is 5.97 Å². The van der Waals surface area contributed by atoms with Crippen molar-refractivity contribution in [1.29, 1.82) is 0 Å². The fraction of sp³-hybridized carbons (Fsp3) is 0.118. The molecule has 0 unspecified atom stereocenters. The van der Waals surface area contributed by atoms with E-state index in [1.807, 2.05) is 54.6 Å². The summed E-state index contributed by atoms with van der Waals surface area (Å²) < 4.78 is 10.5. The molecular formula is C17H15BrO3. The molecule has 0 saturated heterocycles. The highest BCUT2D eigenvalue weighted by molar-refractivity contribution is 9.08. The fourth-order valence-electron chi connectivity index (χ4n) is 1.67. The third-order valence-electron chi connectivity index (χ3n) is 2.74. The second kappa shape index (κ2) is 8.27. The molecule has 2 rings (SSSR count). The normalized spacial score (nSPS) is 10.5. The van der Waals surface area contributed by atoms with Crippen molar-refractivity contribution in [3.63, 3.8) is 0 Å². The summed E-state index contributed by atoms with van der Waals surface area (Å²) in [7, 11) is 0. The van der Waals surface area contributed by atoms with Gasteiger partial charge in [-0.25, -0.2) is 4.79 Å². The number of ether oxygens (including phenoxy) is 2. The average Bonchev–Trinajstić information content (AvgIpc) is 2.54. The summed E-state index contributed by atoms with van der Waals surface area (Å²) in [4.78, 5) is 11.6. The Morgan fingerprint density at radius 2 is 1.76 bits per heavy atom. The number of hydrogen-bond acceptors (Lipinski definition) is 3. The lowest BCUT2D eigenvalue weighted by molar-refractivity contribution is -0.139. The molecule has 0 bridgehead atoms. The molecule has 0 atom stereocenters. The number of esters is 1. The smallest absolute Gasteiger partial charge is 0.334 e. The van der Waals surface area contributed by atoms with Crippen LogP contribution in [-0.4, -0.2) is 5.97 Å². The van der Waals surface area contributed by atoms with Gasteiger partial charge in [-0.15, -0.1) is 0 Å². The van der Waals surface area contributed by atoms with Gasteiger partial charge in [0.25, 0.3) is 0 Å². The van der Waals surface area contributed by atoms with E-state index < -0.39 is 5.97 Å². The van der Waals surface area contributed by atoms with E-state index >= 15 is 0 Å². The van der Waals surface area contributed by atoms with Gasteiger partial charge < -0.3 is 9.47 Å². The SMILES string of the molecule is O=C(/C=C/Oc1ccccc1CBr)OCc1ccccc1. The highest BCUT2D eigenvalue weighted by Crippen LogP contribution is 2.20. The molecule has 2 aromatic carbocycles. The van der Waals surface area contributed by atoms with E-state index in [0.717, 1.165) is 11.1 Å². The van der Waals surface area contributed by atoms with E-state index in [-0.39, 0.29) is 6.61 Å². The van der Waals surface area contributed by atoms with Gasteiger partial charge in [-0.05, 0) is 11.6 Å². The zero-order valence-electron chi connectivity index (χ0n) is 11.4. The van der Waals surface area contributed by atoms with Crippen LogP contribution in [0.1, 0.15) is 11.1 Å². The molecular weight excluding hydrogens is 332 g/mol. The van der Waals surface area contributed by atoms with Gasteiger partial charge in [0.05, 0.1) is 12.3 Å². The first-order valence-corrected chi connectivity index (χ1v) is 7.59. The van der Waals surface area contributed by atoms with Crippen molar-refractivity contribution in [3.05, 3.63) is 78.1 Å². The van der Waals surface area contributed by atoms with Gasteiger partial charge in [0.1, 0.15) is 12.4 Å². The maximum atomic E-state index is 11.6. The molecule has 0 fully saturated rings. The summed E-state index contributed by atoms with van der Waals surface area (Å²) in [5.74, 6) is 0.275. The molecule has 0 saturated carbocycles. The minimum absolute atomic E-state index is 0.252. The van der Waals surface area contributed by atoms with Crippen molar-refractivity contribution in [3.8, 4) is 5.75 Å². The lowest BCUT2D eigenvalue weighted by Crippen LogP contribution is -2.01. The second-order valence-electron chi connectivity index (χ2n) is 4.26. The zero-order valence-corrected chi connectivity index (χ0v) is 13.0. The summed E-state index contributed by atoms with van der Waals surface area (Å²) in [5, 5.41) is 0.690. The minimum atomic E-state index is -0.435. The predicted molar refractivity (Wildman–Crippen MR) is 85.1 cm³/mol. The number of carbonyl (C=O) groups excluding carboxylic acids is 1. The van der Waals surface area contributed by atoms with E-state index in [4.69, 9.17) is 9.47 Å². The van der Waals surface area contributed by atoms with Crippen molar-refractivity contribution < 1.29 is 14.3 Å². The Morgan fingerprint density at radius 1 is 1.05 bits per heavy atom. The molecule has 0 aliphatic heterocycles. The second-order valence-corrected chi connectivity index (χ2v) is 4.82. The minimum Gasteiger partial charge on any atom is -0.464 e. The van der Waals surface area contributed by atoms with Crippen molar-refractivity contribution in [2.45, 2.75) is 11.9 Å². The van der Waals surface area contributed by atoms with Gasteiger partial charge in [0, 0.05) is 10.9 Å². The molecule has 0 aliphatic rings. The van der Waals surface area contributed by atoms with Crippen molar-refractivity contribution in [1.82, 2.24) is 0 Å². The summed E-state index contributed by atoms with van der Waals surface area (Å²) in [6.45, 7) is 0.252. The third kappa shape index (κ3) is 5.08. The number of benzene rings is 2. The Hall–Kier alpha value is -2.07. The first kappa shape index (κ1) is 15.3. The Labute approximate surface area is 132 Å². The lowest BCUT2D eigenvalue weighted by atomic mass is 10.2. The topological polar surface area (TPSA) is 35.5 Å². The van der Waals surface area contributed by atoms with Crippen molar-refractivity contribution >= 4 is 21.9 Å². The van der Waals surface area contributed by atoms with E-state index in [1.54, 1.807) is 0 Å². The quantitative estimate of drug-likeness (QED) is 0.340. The summed E-state index contributed by atoms with van der Waals surface area (Å²) in [6, 6.07) is 17.1. The van der Waals surface area contributed by atoms with E-state index in [0.29, 0.717) is 11.1 Å². The van der Waals surface area contributed by atoms with E-state index in [9.17, 15) is 4.79 Å². The molecule has 0 N–H and O–H groups in total. The Kier molecular flexibility index (Phi) is 6.03. The molecule has 0 aliphatic carbocycles. The molecule has 0 heterocycles. The van der Waals surface area contributed by atoms with Gasteiger partial charge in [0.15, 0.2) is 0 Å². The summed E-state index contributed by atoms with van der Waals surface area (Å²) >= 11 is 3.38. The standard InChI is InChI=1S/C17H15BrO3/c18-12-15-8-4-5-9-16(15)20-11-10-17(19)21-13-14-6-2-1-3-7-14/h1-11H,12-13H2/b11-10+. The molecule has 4 heteroatoms. The number of halogens is 1. The molecule has 21 heavy (non-hydrogen) atoms. The maximum Gasteiger partial charge on any atom is 0.334 e. The largest absolute Gasteiger partial charge is 0.464 e. The van der Waals surface area contributed by atoms with Crippen LogP contribution in [0.3, 0.4) is 0 Å². The summed E-state index contributed by atoms with van der Waals surface area (Å²) in [6.07, 6.45) is 2.61. The summed E-state index contributed by atoms with van der Waals surface area (Å²) in [5.41, 5.74) is 1.96. The Morgan fingerprint density at radius 3 is 2.52 bits per heavy atom. The van der Waals surface area contributed by atoms with Gasteiger partial charge in [0.2, 0.25) is 0 Å². The molecule has 2 aromatic rings. The predicted octanol–water partition coefficient (Wildman–Crippen LogP) is 4.22. The molecule has 0 radical (unpaired) electrons. The monoisotopic (exact) mass is 346 g/mol. The Balaban J connectivity index is 1.82. The van der Waals surface area contributed by atoms with Gasteiger partial charge in [-0.1, -0.05) is 64.5 Å². The number of para-hydroxylation sites is 1. The fourth-order valence-corrected chi connectivity index (χ4v) is 2.13. The highest BCUT2D eigenvalue weighted by Gasteiger charge is 2.01. The number of alkyl halides is 1. The van der Waals surface area contributed by atoms with Gasteiger partial charge in [-0.3, -0.25) is 0 Å². The molecule has 0 spiro atoms. The number of hydrogen-bond donors (Lipinski definition) is 0. The molecule has 108 valence electrons. The molecule has 3 nitrogen and oxygen atoms in total. The average molecular weight is 347 g/mol. The van der Waals surface area contributed by atoms with Crippen LogP contribution in [0, 0.1) is 0 Å². The first-order chi connectivity index (χ1) is 10.3. The number of rotatable bonds is 6. The first-order valence-electron chi connectivity index (χ1n) is 6.47. The number of carbonyl (C=O) groups is 1.